The summed E-state index contributed by atoms with van der Waals surface area (Å²) in [5.41, 5.74) is 0.0522. The predicted molar refractivity (Wildman–Crippen MR) is 77.8 cm³/mol. The largest absolute Gasteiger partial charge is 0.456 e. The van der Waals surface area contributed by atoms with Gasteiger partial charge in [0.1, 0.15) is 5.82 Å². The fraction of sp³-hybridized carbons (Fsp3) is 0.429. The molecule has 0 aromatic heterocycles. The second-order valence-electron chi connectivity index (χ2n) is 4.77. The van der Waals surface area contributed by atoms with E-state index in [4.69, 9.17) is 4.74 Å². The highest BCUT2D eigenvalue weighted by Gasteiger charge is 2.10. The lowest BCUT2D eigenvalue weighted by Gasteiger charge is -2.08. The van der Waals surface area contributed by atoms with Crippen LogP contribution in [0.25, 0.3) is 0 Å². The van der Waals surface area contributed by atoms with Crippen molar-refractivity contribution in [1.29, 1.82) is 0 Å². The molecule has 0 bridgehead atoms. The van der Waals surface area contributed by atoms with Crippen LogP contribution in [0.2, 0.25) is 0 Å². The molecule has 1 amide bonds. The molecule has 110 valence electrons. The highest BCUT2D eigenvalue weighted by molar-refractivity contribution is 9.10. The van der Waals surface area contributed by atoms with Crippen LogP contribution in [0.1, 0.15) is 26.7 Å². The van der Waals surface area contributed by atoms with Gasteiger partial charge in [0.05, 0.1) is 5.69 Å². The Bertz CT molecular complexity index is 491. The molecule has 0 atom stereocenters. The van der Waals surface area contributed by atoms with Crippen LogP contribution >= 0.6 is 15.9 Å². The molecule has 0 saturated heterocycles. The Labute approximate surface area is 125 Å². The number of halogens is 2. The number of carbonyl (C=O) groups is 2. The second kappa shape index (κ2) is 7.99. The summed E-state index contributed by atoms with van der Waals surface area (Å²) in [6.07, 6.45) is 0.986. The first-order chi connectivity index (χ1) is 9.38. The molecule has 0 spiro atoms. The number of amides is 1. The van der Waals surface area contributed by atoms with Crippen molar-refractivity contribution in [1.82, 2.24) is 0 Å². The standard InChI is InChI=1S/C14H17BrFNO3/c1-9(2)3-6-14(19)20-8-13(18)17-12-5-4-10(15)7-11(12)16/h4-5,7,9H,3,6,8H2,1-2H3,(H,17,18). The molecule has 1 N–H and O–H groups in total. The Hall–Kier alpha value is -1.43. The first-order valence-corrected chi connectivity index (χ1v) is 7.08. The quantitative estimate of drug-likeness (QED) is 0.802. The molecule has 1 aromatic carbocycles. The summed E-state index contributed by atoms with van der Waals surface area (Å²) in [6, 6.07) is 4.27. The van der Waals surface area contributed by atoms with Gasteiger partial charge >= 0.3 is 5.97 Å². The summed E-state index contributed by atoms with van der Waals surface area (Å²) in [7, 11) is 0. The topological polar surface area (TPSA) is 55.4 Å². The molecule has 1 rings (SSSR count). The van der Waals surface area contributed by atoms with Crippen LogP contribution in [0.15, 0.2) is 22.7 Å². The first kappa shape index (κ1) is 16.6. The Morgan fingerprint density at radius 2 is 2.10 bits per heavy atom. The Balaban J connectivity index is 2.38. The van der Waals surface area contributed by atoms with Gasteiger partial charge in [-0.3, -0.25) is 9.59 Å². The second-order valence-corrected chi connectivity index (χ2v) is 5.68. The van der Waals surface area contributed by atoms with Gasteiger partial charge in [-0.25, -0.2) is 4.39 Å². The number of hydrogen-bond acceptors (Lipinski definition) is 3. The third-order valence-electron chi connectivity index (χ3n) is 2.50. The minimum absolute atomic E-state index is 0.0522. The third kappa shape index (κ3) is 6.14. The van der Waals surface area contributed by atoms with Gasteiger partial charge in [0.2, 0.25) is 0 Å². The van der Waals surface area contributed by atoms with E-state index in [-0.39, 0.29) is 12.1 Å². The van der Waals surface area contributed by atoms with Gasteiger partial charge in [-0.15, -0.1) is 0 Å². The monoisotopic (exact) mass is 345 g/mol. The molecule has 6 heteroatoms. The molecular weight excluding hydrogens is 329 g/mol. The molecule has 0 aliphatic rings. The molecule has 0 aliphatic heterocycles. The summed E-state index contributed by atoms with van der Waals surface area (Å²) in [4.78, 5) is 22.9. The van der Waals surface area contributed by atoms with Crippen molar-refractivity contribution >= 4 is 33.5 Å². The lowest BCUT2D eigenvalue weighted by molar-refractivity contribution is -0.147. The molecule has 0 aliphatic carbocycles. The number of rotatable bonds is 6. The normalized spacial score (nSPS) is 10.4. The number of anilines is 1. The van der Waals surface area contributed by atoms with Crippen LogP contribution < -0.4 is 5.32 Å². The SMILES string of the molecule is CC(C)CCC(=O)OCC(=O)Nc1ccc(Br)cc1F. The third-order valence-corrected chi connectivity index (χ3v) is 2.99. The molecule has 1 aromatic rings. The predicted octanol–water partition coefficient (Wildman–Crippen LogP) is 3.51. The van der Waals surface area contributed by atoms with Crippen molar-refractivity contribution in [3.05, 3.63) is 28.5 Å². The number of ether oxygens (including phenoxy) is 1. The summed E-state index contributed by atoms with van der Waals surface area (Å²) >= 11 is 3.12. The molecule has 20 heavy (non-hydrogen) atoms. The Morgan fingerprint density at radius 3 is 2.70 bits per heavy atom. The van der Waals surface area contributed by atoms with E-state index in [1.54, 1.807) is 6.07 Å². The summed E-state index contributed by atoms with van der Waals surface area (Å²) in [6.45, 7) is 3.58. The number of nitrogens with one attached hydrogen (secondary N) is 1. The van der Waals surface area contributed by atoms with Crippen LogP contribution in [0, 0.1) is 11.7 Å². The van der Waals surface area contributed by atoms with E-state index in [0.29, 0.717) is 16.8 Å². The van der Waals surface area contributed by atoms with Crippen LogP contribution in [-0.4, -0.2) is 18.5 Å². The highest BCUT2D eigenvalue weighted by Crippen LogP contribution is 2.19. The van der Waals surface area contributed by atoms with Crippen LogP contribution in [-0.2, 0) is 14.3 Å². The van der Waals surface area contributed by atoms with Crippen molar-refractivity contribution in [2.75, 3.05) is 11.9 Å². The van der Waals surface area contributed by atoms with Crippen molar-refractivity contribution in [3.8, 4) is 0 Å². The molecule has 0 fully saturated rings. The van der Waals surface area contributed by atoms with Crippen LogP contribution in [0.3, 0.4) is 0 Å². The van der Waals surface area contributed by atoms with Gasteiger partial charge < -0.3 is 10.1 Å². The summed E-state index contributed by atoms with van der Waals surface area (Å²) < 4.78 is 18.9. The zero-order valence-electron chi connectivity index (χ0n) is 11.4. The van der Waals surface area contributed by atoms with E-state index in [2.05, 4.69) is 21.2 Å². The van der Waals surface area contributed by atoms with Gasteiger partial charge in [0, 0.05) is 10.9 Å². The lowest BCUT2D eigenvalue weighted by Crippen LogP contribution is -2.21. The van der Waals surface area contributed by atoms with Crippen LogP contribution in [0.5, 0.6) is 0 Å². The molecule has 4 nitrogen and oxygen atoms in total. The Morgan fingerprint density at radius 1 is 1.40 bits per heavy atom. The van der Waals surface area contributed by atoms with E-state index in [0.717, 1.165) is 0 Å². The van der Waals surface area contributed by atoms with E-state index in [9.17, 15) is 14.0 Å². The van der Waals surface area contributed by atoms with Gasteiger partial charge in [0.15, 0.2) is 6.61 Å². The molecule has 0 radical (unpaired) electrons. The van der Waals surface area contributed by atoms with Gasteiger partial charge in [-0.05, 0) is 30.5 Å². The van der Waals surface area contributed by atoms with E-state index in [1.165, 1.54) is 12.1 Å². The maximum Gasteiger partial charge on any atom is 0.306 e. The smallest absolute Gasteiger partial charge is 0.306 e. The minimum Gasteiger partial charge on any atom is -0.456 e. The van der Waals surface area contributed by atoms with Crippen molar-refractivity contribution in [2.45, 2.75) is 26.7 Å². The van der Waals surface area contributed by atoms with Crippen molar-refractivity contribution in [2.24, 2.45) is 5.92 Å². The van der Waals surface area contributed by atoms with Crippen molar-refractivity contribution in [3.63, 3.8) is 0 Å². The highest BCUT2D eigenvalue weighted by atomic mass is 79.9. The zero-order valence-corrected chi connectivity index (χ0v) is 13.0. The number of benzene rings is 1. The molecule has 0 saturated carbocycles. The molecule has 0 unspecified atom stereocenters. The van der Waals surface area contributed by atoms with Crippen LogP contribution in [0.4, 0.5) is 10.1 Å². The average Bonchev–Trinajstić information content (AvgIpc) is 2.37. The maximum absolute atomic E-state index is 13.5. The molecular formula is C14H17BrFNO3. The van der Waals surface area contributed by atoms with E-state index >= 15 is 0 Å². The van der Waals surface area contributed by atoms with E-state index < -0.39 is 24.3 Å². The van der Waals surface area contributed by atoms with Gasteiger partial charge in [0.25, 0.3) is 5.91 Å². The molecule has 0 heterocycles. The van der Waals surface area contributed by atoms with Crippen molar-refractivity contribution < 1.29 is 18.7 Å². The Kier molecular flexibility index (Phi) is 6.64. The minimum atomic E-state index is -0.566. The summed E-state index contributed by atoms with van der Waals surface area (Å²) in [5.74, 6) is -1.15. The average molecular weight is 346 g/mol. The fourth-order valence-corrected chi connectivity index (χ4v) is 1.74. The first-order valence-electron chi connectivity index (χ1n) is 6.29. The fourth-order valence-electron chi connectivity index (χ4n) is 1.40. The van der Waals surface area contributed by atoms with E-state index in [1.807, 2.05) is 13.8 Å². The van der Waals surface area contributed by atoms with Gasteiger partial charge in [-0.1, -0.05) is 29.8 Å². The maximum atomic E-state index is 13.5. The summed E-state index contributed by atoms with van der Waals surface area (Å²) in [5, 5.41) is 2.35. The lowest BCUT2D eigenvalue weighted by atomic mass is 10.1. The number of carbonyl (C=O) groups excluding carboxylic acids is 2. The number of esters is 1. The van der Waals surface area contributed by atoms with Gasteiger partial charge in [-0.2, -0.15) is 0 Å². The number of hydrogen-bond donors (Lipinski definition) is 1. The zero-order chi connectivity index (χ0) is 15.1.